The molecule has 6 heteroatoms. The third-order valence-electron chi connectivity index (χ3n) is 2.42. The normalized spacial score (nSPS) is 11.6. The van der Waals surface area contributed by atoms with Crippen molar-refractivity contribution in [1.29, 1.82) is 0 Å². The van der Waals surface area contributed by atoms with Gasteiger partial charge in [-0.25, -0.2) is 13.4 Å². The van der Waals surface area contributed by atoms with Crippen LogP contribution in [0.15, 0.2) is 34.7 Å². The fourth-order valence-corrected chi connectivity index (χ4v) is 3.96. The van der Waals surface area contributed by atoms with Crippen LogP contribution in [0.25, 0.3) is 0 Å². The second kappa shape index (κ2) is 4.46. The van der Waals surface area contributed by atoms with Gasteiger partial charge < -0.3 is 5.73 Å². The molecule has 2 aromatic rings. The summed E-state index contributed by atoms with van der Waals surface area (Å²) in [7, 11) is -3.41. The Morgan fingerprint density at radius 2 is 2.18 bits per heavy atom. The van der Waals surface area contributed by atoms with E-state index in [9.17, 15) is 8.42 Å². The molecule has 17 heavy (non-hydrogen) atoms. The third kappa shape index (κ3) is 2.48. The Hall–Kier alpha value is -1.40. The molecule has 90 valence electrons. The summed E-state index contributed by atoms with van der Waals surface area (Å²) in [6.45, 7) is 1.79. The van der Waals surface area contributed by atoms with Crippen LogP contribution < -0.4 is 5.73 Å². The maximum absolute atomic E-state index is 12.2. The number of nitrogens with two attached hydrogens (primary N) is 1. The Kier molecular flexibility index (Phi) is 3.17. The average Bonchev–Trinajstić information content (AvgIpc) is 2.73. The van der Waals surface area contributed by atoms with Gasteiger partial charge in [0.25, 0.3) is 0 Å². The minimum Gasteiger partial charge on any atom is -0.397 e. The van der Waals surface area contributed by atoms with E-state index >= 15 is 0 Å². The molecule has 0 spiro atoms. The molecule has 0 saturated carbocycles. The summed E-state index contributed by atoms with van der Waals surface area (Å²) in [6.07, 6.45) is 1.59. The van der Waals surface area contributed by atoms with Gasteiger partial charge in [-0.1, -0.05) is 12.1 Å². The Labute approximate surface area is 104 Å². The van der Waals surface area contributed by atoms with Crippen molar-refractivity contribution in [2.24, 2.45) is 0 Å². The number of benzene rings is 1. The first-order chi connectivity index (χ1) is 8.00. The first kappa shape index (κ1) is 12.1. The highest BCUT2D eigenvalue weighted by molar-refractivity contribution is 7.91. The van der Waals surface area contributed by atoms with Gasteiger partial charge in [0.2, 0.25) is 0 Å². The number of nitrogen functional groups attached to an aromatic ring is 1. The molecule has 2 N–H and O–H groups in total. The lowest BCUT2D eigenvalue weighted by molar-refractivity contribution is 0.595. The van der Waals surface area contributed by atoms with Crippen LogP contribution >= 0.6 is 11.3 Å². The number of nitrogens with zero attached hydrogens (tertiary/aromatic N) is 1. The lowest BCUT2D eigenvalue weighted by Crippen LogP contribution is -2.08. The van der Waals surface area contributed by atoms with Gasteiger partial charge in [0.15, 0.2) is 9.84 Å². The molecule has 1 aromatic carbocycles. The Balaban J connectivity index is 2.42. The molecule has 0 bridgehead atoms. The maximum Gasteiger partial charge on any atom is 0.186 e. The number of thiazole rings is 1. The number of anilines is 1. The Morgan fingerprint density at radius 3 is 2.82 bits per heavy atom. The zero-order chi connectivity index (χ0) is 12.5. The summed E-state index contributed by atoms with van der Waals surface area (Å²) in [5.74, 6) is -0.0989. The fourth-order valence-electron chi connectivity index (χ4n) is 1.49. The number of aryl methyl sites for hydroxylation is 1. The highest BCUT2D eigenvalue weighted by Crippen LogP contribution is 2.25. The van der Waals surface area contributed by atoms with Gasteiger partial charge >= 0.3 is 0 Å². The summed E-state index contributed by atoms with van der Waals surface area (Å²) in [4.78, 5) is 4.17. The summed E-state index contributed by atoms with van der Waals surface area (Å²) in [5.41, 5.74) is 6.89. The predicted molar refractivity (Wildman–Crippen MR) is 68.6 cm³/mol. The topological polar surface area (TPSA) is 73.0 Å². The monoisotopic (exact) mass is 268 g/mol. The van der Waals surface area contributed by atoms with E-state index in [2.05, 4.69) is 4.98 Å². The van der Waals surface area contributed by atoms with Gasteiger partial charge in [-0.3, -0.25) is 0 Å². The van der Waals surface area contributed by atoms with Gasteiger partial charge in [-0.05, 0) is 18.6 Å². The lowest BCUT2D eigenvalue weighted by Gasteiger charge is -2.08. The first-order valence-corrected chi connectivity index (χ1v) is 7.50. The number of rotatable bonds is 3. The van der Waals surface area contributed by atoms with Crippen molar-refractivity contribution >= 4 is 26.9 Å². The van der Waals surface area contributed by atoms with Crippen molar-refractivity contribution in [3.8, 4) is 0 Å². The molecule has 0 amide bonds. The smallest absolute Gasteiger partial charge is 0.186 e. The third-order valence-corrected chi connectivity index (χ3v) is 5.06. The summed E-state index contributed by atoms with van der Waals surface area (Å²) < 4.78 is 24.3. The molecule has 0 saturated heterocycles. The van der Waals surface area contributed by atoms with Crippen LogP contribution in [0, 0.1) is 6.92 Å². The average molecular weight is 268 g/mol. The van der Waals surface area contributed by atoms with Crippen LogP contribution in [-0.2, 0) is 15.6 Å². The fraction of sp³-hybridized carbons (Fsp3) is 0.182. The van der Waals surface area contributed by atoms with E-state index in [1.165, 1.54) is 17.4 Å². The second-order valence-corrected chi connectivity index (χ2v) is 6.61. The standard InChI is InChI=1S/C11H12N2O2S2/c1-8-3-2-4-9(11(8)12)17(14,15)7-10-13-5-6-16-10/h2-6H,7,12H2,1H3. The molecule has 0 radical (unpaired) electrons. The first-order valence-electron chi connectivity index (χ1n) is 4.97. The van der Waals surface area contributed by atoms with Crippen LogP contribution in [0.4, 0.5) is 5.69 Å². The van der Waals surface area contributed by atoms with Gasteiger partial charge in [0, 0.05) is 11.6 Å². The lowest BCUT2D eigenvalue weighted by atomic mass is 10.2. The van der Waals surface area contributed by atoms with Crippen molar-refractivity contribution in [2.75, 3.05) is 5.73 Å². The van der Waals surface area contributed by atoms with Crippen molar-refractivity contribution in [3.63, 3.8) is 0 Å². The zero-order valence-corrected chi connectivity index (χ0v) is 10.9. The molecule has 0 aliphatic rings. The molecule has 1 heterocycles. The summed E-state index contributed by atoms with van der Waals surface area (Å²) in [6, 6.07) is 5.02. The SMILES string of the molecule is Cc1cccc(S(=O)(=O)Cc2nccs2)c1N. The van der Waals surface area contributed by atoms with Crippen LogP contribution in [0.3, 0.4) is 0 Å². The van der Waals surface area contributed by atoms with E-state index in [1.54, 1.807) is 30.6 Å². The number of hydrogen-bond acceptors (Lipinski definition) is 5. The highest BCUT2D eigenvalue weighted by atomic mass is 32.2. The van der Waals surface area contributed by atoms with Crippen molar-refractivity contribution in [3.05, 3.63) is 40.3 Å². The zero-order valence-electron chi connectivity index (χ0n) is 9.25. The van der Waals surface area contributed by atoms with E-state index in [1.807, 2.05) is 0 Å². The van der Waals surface area contributed by atoms with Gasteiger partial charge in [-0.15, -0.1) is 11.3 Å². The van der Waals surface area contributed by atoms with Crippen LogP contribution in [0.1, 0.15) is 10.6 Å². The van der Waals surface area contributed by atoms with E-state index in [0.29, 0.717) is 10.7 Å². The number of sulfone groups is 1. The molecule has 2 rings (SSSR count). The Morgan fingerprint density at radius 1 is 1.41 bits per heavy atom. The van der Waals surface area contributed by atoms with Crippen molar-refractivity contribution in [2.45, 2.75) is 17.6 Å². The number of para-hydroxylation sites is 1. The molecule has 0 unspecified atom stereocenters. The van der Waals surface area contributed by atoms with Gasteiger partial charge in [0.1, 0.15) is 10.8 Å². The second-order valence-electron chi connectivity index (χ2n) is 3.67. The highest BCUT2D eigenvalue weighted by Gasteiger charge is 2.20. The van der Waals surface area contributed by atoms with E-state index in [-0.39, 0.29) is 10.6 Å². The minimum absolute atomic E-state index is 0.0989. The predicted octanol–water partition coefficient (Wildman–Crippen LogP) is 2.01. The largest absolute Gasteiger partial charge is 0.397 e. The molecule has 0 aliphatic carbocycles. The molecule has 4 nitrogen and oxygen atoms in total. The molecular formula is C11H12N2O2S2. The van der Waals surface area contributed by atoms with Crippen molar-refractivity contribution < 1.29 is 8.42 Å². The molecule has 0 aliphatic heterocycles. The van der Waals surface area contributed by atoms with E-state index in [4.69, 9.17) is 5.73 Å². The molecule has 0 fully saturated rings. The summed E-state index contributed by atoms with van der Waals surface area (Å²) >= 11 is 1.32. The van der Waals surface area contributed by atoms with Crippen LogP contribution in [0.5, 0.6) is 0 Å². The van der Waals surface area contributed by atoms with Gasteiger partial charge in [-0.2, -0.15) is 0 Å². The van der Waals surface area contributed by atoms with Crippen molar-refractivity contribution in [1.82, 2.24) is 4.98 Å². The number of hydrogen-bond donors (Lipinski definition) is 1. The van der Waals surface area contributed by atoms with E-state index < -0.39 is 9.84 Å². The minimum atomic E-state index is -3.41. The quantitative estimate of drug-likeness (QED) is 0.864. The van der Waals surface area contributed by atoms with E-state index in [0.717, 1.165) is 5.56 Å². The maximum atomic E-state index is 12.2. The van der Waals surface area contributed by atoms with Gasteiger partial charge in [0.05, 0.1) is 10.6 Å². The molecule has 1 aromatic heterocycles. The Bertz CT molecular complexity index is 619. The number of aromatic nitrogens is 1. The summed E-state index contributed by atoms with van der Waals surface area (Å²) in [5, 5.41) is 2.33. The molecular weight excluding hydrogens is 256 g/mol. The van der Waals surface area contributed by atoms with Crippen LogP contribution in [0.2, 0.25) is 0 Å². The molecule has 0 atom stereocenters. The van der Waals surface area contributed by atoms with Crippen LogP contribution in [-0.4, -0.2) is 13.4 Å².